The van der Waals surface area contributed by atoms with Gasteiger partial charge in [-0.25, -0.2) is 0 Å². The third-order valence-corrected chi connectivity index (χ3v) is 2.36. The van der Waals surface area contributed by atoms with Gasteiger partial charge in [-0.2, -0.15) is 0 Å². The van der Waals surface area contributed by atoms with Gasteiger partial charge in [0.05, 0.1) is 0 Å². The van der Waals surface area contributed by atoms with E-state index >= 15 is 0 Å². The van der Waals surface area contributed by atoms with Gasteiger partial charge in [0.1, 0.15) is 6.29 Å². The topological polar surface area (TPSA) is 17.1 Å². The van der Waals surface area contributed by atoms with Crippen LogP contribution in [0.5, 0.6) is 0 Å². The summed E-state index contributed by atoms with van der Waals surface area (Å²) in [5.74, 6) is 0.113. The normalized spacial score (nSPS) is 11.9. The maximum Gasteiger partial charge on any atom is 0.123 e. The second kappa shape index (κ2) is 6.18. The van der Waals surface area contributed by atoms with Crippen molar-refractivity contribution in [3.8, 4) is 0 Å². The Balaban J connectivity index is 2.54. The molecule has 1 atom stereocenters. The number of hydrogen-bond acceptors (Lipinski definition) is 1. The lowest BCUT2D eigenvalue weighted by atomic mass is 9.97. The Hall–Kier alpha value is -1.37. The van der Waals surface area contributed by atoms with Gasteiger partial charge in [-0.05, 0) is 32.3 Å². The second-order valence-corrected chi connectivity index (χ2v) is 4.10. The average molecular weight is 202 g/mol. The van der Waals surface area contributed by atoms with Crippen LogP contribution in [0, 0.1) is 5.92 Å². The van der Waals surface area contributed by atoms with E-state index < -0.39 is 0 Å². The fourth-order valence-electron chi connectivity index (χ4n) is 1.49. The third-order valence-electron chi connectivity index (χ3n) is 2.36. The molecule has 0 amide bonds. The summed E-state index contributed by atoms with van der Waals surface area (Å²) in [6, 6.07) is 10.2. The van der Waals surface area contributed by atoms with Crippen molar-refractivity contribution in [2.75, 3.05) is 0 Å². The van der Waals surface area contributed by atoms with Crippen molar-refractivity contribution < 1.29 is 4.79 Å². The van der Waals surface area contributed by atoms with Gasteiger partial charge in [-0.15, -0.1) is 0 Å². The lowest BCUT2D eigenvalue weighted by Gasteiger charge is -2.07. The highest BCUT2D eigenvalue weighted by Crippen LogP contribution is 2.11. The molecule has 0 aliphatic rings. The quantitative estimate of drug-likeness (QED) is 0.528. The van der Waals surface area contributed by atoms with Gasteiger partial charge < -0.3 is 4.79 Å². The molecule has 0 spiro atoms. The standard InChI is InChI=1S/C14H18O/c1-12(2)8-9-14(11-15)10-13-6-4-3-5-7-13/h3-8,11,14H,9-10H2,1-2H3/t14-/m0/s1. The lowest BCUT2D eigenvalue weighted by Crippen LogP contribution is -2.04. The van der Waals surface area contributed by atoms with Crippen LogP contribution in [0.15, 0.2) is 42.0 Å². The number of hydrogen-bond donors (Lipinski definition) is 0. The Morgan fingerprint density at radius 1 is 1.27 bits per heavy atom. The Bertz CT molecular complexity index is 320. The minimum atomic E-state index is 0.113. The molecule has 0 bridgehead atoms. The molecule has 0 heterocycles. The van der Waals surface area contributed by atoms with Crippen LogP contribution in [0.1, 0.15) is 25.8 Å². The molecule has 1 heteroatoms. The van der Waals surface area contributed by atoms with Crippen molar-refractivity contribution in [3.63, 3.8) is 0 Å². The van der Waals surface area contributed by atoms with Gasteiger partial charge in [0.15, 0.2) is 0 Å². The zero-order valence-corrected chi connectivity index (χ0v) is 9.44. The van der Waals surface area contributed by atoms with Crippen LogP contribution in [0.4, 0.5) is 0 Å². The van der Waals surface area contributed by atoms with Crippen molar-refractivity contribution in [2.45, 2.75) is 26.7 Å². The first-order valence-corrected chi connectivity index (χ1v) is 5.35. The van der Waals surface area contributed by atoms with Gasteiger partial charge in [0.2, 0.25) is 0 Å². The van der Waals surface area contributed by atoms with Crippen LogP contribution in [-0.4, -0.2) is 6.29 Å². The largest absolute Gasteiger partial charge is 0.303 e. The maximum absolute atomic E-state index is 10.9. The SMILES string of the molecule is CC(C)=CC[C@H](C=O)Cc1ccccc1. The summed E-state index contributed by atoms with van der Waals surface area (Å²) in [5, 5.41) is 0. The molecule has 1 rings (SSSR count). The Morgan fingerprint density at radius 3 is 2.47 bits per heavy atom. The molecule has 1 aromatic carbocycles. The van der Waals surface area contributed by atoms with E-state index in [9.17, 15) is 4.79 Å². The summed E-state index contributed by atoms with van der Waals surface area (Å²) in [7, 11) is 0. The number of aldehydes is 1. The van der Waals surface area contributed by atoms with E-state index in [-0.39, 0.29) is 5.92 Å². The van der Waals surface area contributed by atoms with Gasteiger partial charge in [0, 0.05) is 5.92 Å². The maximum atomic E-state index is 10.9. The Kier molecular flexibility index (Phi) is 4.82. The van der Waals surface area contributed by atoms with Crippen LogP contribution >= 0.6 is 0 Å². The summed E-state index contributed by atoms with van der Waals surface area (Å²) in [5.41, 5.74) is 2.51. The molecule has 0 fully saturated rings. The second-order valence-electron chi connectivity index (χ2n) is 4.10. The minimum absolute atomic E-state index is 0.113. The monoisotopic (exact) mass is 202 g/mol. The average Bonchev–Trinajstić information content (AvgIpc) is 2.25. The molecule has 0 aromatic heterocycles. The van der Waals surface area contributed by atoms with Crippen LogP contribution in [-0.2, 0) is 11.2 Å². The molecule has 0 N–H and O–H groups in total. The van der Waals surface area contributed by atoms with E-state index in [2.05, 4.69) is 32.1 Å². The fourth-order valence-corrected chi connectivity index (χ4v) is 1.49. The molecule has 1 nitrogen and oxygen atoms in total. The van der Waals surface area contributed by atoms with E-state index in [1.165, 1.54) is 11.1 Å². The lowest BCUT2D eigenvalue weighted by molar-refractivity contribution is -0.111. The highest BCUT2D eigenvalue weighted by Gasteiger charge is 2.06. The predicted molar refractivity (Wildman–Crippen MR) is 63.7 cm³/mol. The molecule has 80 valence electrons. The fraction of sp³-hybridized carbons (Fsp3) is 0.357. The van der Waals surface area contributed by atoms with E-state index in [0.717, 1.165) is 19.1 Å². The predicted octanol–water partition coefficient (Wildman–Crippen LogP) is 3.40. The number of benzene rings is 1. The third kappa shape index (κ3) is 4.59. The van der Waals surface area contributed by atoms with Crippen molar-refractivity contribution in [1.29, 1.82) is 0 Å². The van der Waals surface area contributed by atoms with Crippen molar-refractivity contribution in [3.05, 3.63) is 47.5 Å². The molecular weight excluding hydrogens is 184 g/mol. The van der Waals surface area contributed by atoms with Gasteiger partial charge >= 0.3 is 0 Å². The molecule has 0 saturated carbocycles. The summed E-state index contributed by atoms with van der Waals surface area (Å²) < 4.78 is 0. The molecule has 1 aromatic rings. The molecule has 0 aliphatic carbocycles. The molecule has 0 saturated heterocycles. The Morgan fingerprint density at radius 2 is 1.93 bits per heavy atom. The minimum Gasteiger partial charge on any atom is -0.303 e. The summed E-state index contributed by atoms with van der Waals surface area (Å²) in [6.45, 7) is 4.12. The first-order valence-electron chi connectivity index (χ1n) is 5.35. The summed E-state index contributed by atoms with van der Waals surface area (Å²) in [6.07, 6.45) is 4.88. The Labute approximate surface area is 91.8 Å². The first-order chi connectivity index (χ1) is 7.22. The zero-order chi connectivity index (χ0) is 11.1. The zero-order valence-electron chi connectivity index (χ0n) is 9.44. The molecule has 0 aliphatic heterocycles. The van der Waals surface area contributed by atoms with Gasteiger partial charge in [-0.1, -0.05) is 42.0 Å². The first kappa shape index (κ1) is 11.7. The van der Waals surface area contributed by atoms with Crippen molar-refractivity contribution in [2.24, 2.45) is 5.92 Å². The summed E-state index contributed by atoms with van der Waals surface area (Å²) in [4.78, 5) is 10.9. The summed E-state index contributed by atoms with van der Waals surface area (Å²) >= 11 is 0. The van der Waals surface area contributed by atoms with Crippen molar-refractivity contribution in [1.82, 2.24) is 0 Å². The van der Waals surface area contributed by atoms with Crippen LogP contribution in [0.25, 0.3) is 0 Å². The van der Waals surface area contributed by atoms with Crippen molar-refractivity contribution >= 4 is 6.29 Å². The highest BCUT2D eigenvalue weighted by molar-refractivity contribution is 5.54. The van der Waals surface area contributed by atoms with Crippen LogP contribution in [0.3, 0.4) is 0 Å². The van der Waals surface area contributed by atoms with E-state index in [4.69, 9.17) is 0 Å². The van der Waals surface area contributed by atoms with Gasteiger partial charge in [-0.3, -0.25) is 0 Å². The molecule has 0 radical (unpaired) electrons. The van der Waals surface area contributed by atoms with E-state index in [0.29, 0.717) is 0 Å². The smallest absolute Gasteiger partial charge is 0.123 e. The van der Waals surface area contributed by atoms with Crippen LogP contribution < -0.4 is 0 Å². The molecular formula is C14H18O. The number of carbonyl (C=O) groups excluding carboxylic acids is 1. The van der Waals surface area contributed by atoms with Crippen LogP contribution in [0.2, 0.25) is 0 Å². The van der Waals surface area contributed by atoms with Gasteiger partial charge in [0.25, 0.3) is 0 Å². The number of carbonyl (C=O) groups is 1. The van der Waals surface area contributed by atoms with E-state index in [1.54, 1.807) is 0 Å². The highest BCUT2D eigenvalue weighted by atomic mass is 16.1. The molecule has 0 unspecified atom stereocenters. The number of allylic oxidation sites excluding steroid dienone is 2. The number of rotatable bonds is 5. The molecule has 15 heavy (non-hydrogen) atoms. The van der Waals surface area contributed by atoms with E-state index in [1.807, 2.05) is 18.2 Å².